The van der Waals surface area contributed by atoms with Crippen LogP contribution in [0.25, 0.3) is 0 Å². The topological polar surface area (TPSA) is 29.5 Å². The second kappa shape index (κ2) is 2.57. The third kappa shape index (κ3) is 1.36. The standard InChI is InChI=1S/C5H7Cl2NO2/c1-8-2-3-10-5(6,7)4(8)9/h2-3H2,1H3. The Morgan fingerprint density at radius 1 is 1.70 bits per heavy atom. The Hall–Kier alpha value is 0.01000. The molecule has 0 aliphatic carbocycles. The van der Waals surface area contributed by atoms with Gasteiger partial charge in [0.2, 0.25) is 0 Å². The Morgan fingerprint density at radius 2 is 2.30 bits per heavy atom. The minimum absolute atomic E-state index is 0.384. The fourth-order valence-corrected chi connectivity index (χ4v) is 1.14. The third-order valence-electron chi connectivity index (χ3n) is 1.31. The lowest BCUT2D eigenvalue weighted by Gasteiger charge is -2.30. The molecule has 1 aliphatic heterocycles. The predicted molar refractivity (Wildman–Crippen MR) is 38.0 cm³/mol. The van der Waals surface area contributed by atoms with Crippen molar-refractivity contribution in [2.24, 2.45) is 0 Å². The fraction of sp³-hybridized carbons (Fsp3) is 0.800. The third-order valence-corrected chi connectivity index (χ3v) is 1.85. The maximum absolute atomic E-state index is 11.0. The zero-order chi connectivity index (χ0) is 7.78. The molecule has 0 saturated carbocycles. The highest BCUT2D eigenvalue weighted by Gasteiger charge is 2.40. The number of carbonyl (C=O) groups is 1. The first kappa shape index (κ1) is 8.11. The van der Waals surface area contributed by atoms with Crippen molar-refractivity contribution in [2.75, 3.05) is 20.2 Å². The smallest absolute Gasteiger partial charge is 0.298 e. The molecular weight excluding hydrogens is 177 g/mol. The van der Waals surface area contributed by atoms with Gasteiger partial charge in [0, 0.05) is 13.6 Å². The van der Waals surface area contributed by atoms with Gasteiger partial charge in [-0.1, -0.05) is 23.2 Å². The maximum Gasteiger partial charge on any atom is 0.298 e. The molecular formula is C5H7Cl2NO2. The molecule has 0 atom stereocenters. The van der Waals surface area contributed by atoms with E-state index in [9.17, 15) is 4.79 Å². The minimum atomic E-state index is -1.66. The molecule has 10 heavy (non-hydrogen) atoms. The summed E-state index contributed by atoms with van der Waals surface area (Å²) in [5, 5.41) is 0. The molecule has 1 amide bonds. The molecule has 0 aromatic carbocycles. The number of halogens is 2. The molecule has 1 aliphatic rings. The second-order valence-electron chi connectivity index (χ2n) is 2.09. The van der Waals surface area contributed by atoms with E-state index in [0.717, 1.165) is 0 Å². The first-order valence-corrected chi connectivity index (χ1v) is 3.57. The zero-order valence-corrected chi connectivity index (χ0v) is 6.95. The quantitative estimate of drug-likeness (QED) is 0.516. The largest absolute Gasteiger partial charge is 0.339 e. The molecule has 0 spiro atoms. The summed E-state index contributed by atoms with van der Waals surface area (Å²) in [7, 11) is 1.63. The van der Waals surface area contributed by atoms with Crippen LogP contribution in [0.4, 0.5) is 0 Å². The van der Waals surface area contributed by atoms with Crippen molar-refractivity contribution in [3.05, 3.63) is 0 Å². The van der Waals surface area contributed by atoms with Crippen molar-refractivity contribution >= 4 is 29.1 Å². The van der Waals surface area contributed by atoms with Crippen LogP contribution in [-0.4, -0.2) is 35.5 Å². The van der Waals surface area contributed by atoms with Crippen LogP contribution in [0, 0.1) is 0 Å². The van der Waals surface area contributed by atoms with Gasteiger partial charge < -0.3 is 9.64 Å². The Kier molecular flexibility index (Phi) is 2.08. The van der Waals surface area contributed by atoms with Gasteiger partial charge in [0.15, 0.2) is 0 Å². The first-order chi connectivity index (χ1) is 4.54. The molecule has 0 aromatic heterocycles. The van der Waals surface area contributed by atoms with Crippen LogP contribution in [0.2, 0.25) is 0 Å². The van der Waals surface area contributed by atoms with Gasteiger partial charge >= 0.3 is 0 Å². The van der Waals surface area contributed by atoms with E-state index in [1.165, 1.54) is 4.90 Å². The first-order valence-electron chi connectivity index (χ1n) is 2.81. The van der Waals surface area contributed by atoms with Crippen molar-refractivity contribution in [1.29, 1.82) is 0 Å². The number of ether oxygens (including phenoxy) is 1. The van der Waals surface area contributed by atoms with Gasteiger partial charge in [0.1, 0.15) is 0 Å². The average molecular weight is 184 g/mol. The van der Waals surface area contributed by atoms with Crippen molar-refractivity contribution < 1.29 is 9.53 Å². The van der Waals surface area contributed by atoms with Crippen LogP contribution in [0.3, 0.4) is 0 Å². The fourth-order valence-electron chi connectivity index (χ4n) is 0.696. The van der Waals surface area contributed by atoms with Gasteiger partial charge in [0.25, 0.3) is 10.4 Å². The lowest BCUT2D eigenvalue weighted by molar-refractivity contribution is -0.147. The molecule has 0 aromatic rings. The number of amides is 1. The highest BCUT2D eigenvalue weighted by Crippen LogP contribution is 2.27. The summed E-state index contributed by atoms with van der Waals surface area (Å²) in [6.07, 6.45) is 0. The van der Waals surface area contributed by atoms with Crippen LogP contribution in [-0.2, 0) is 9.53 Å². The summed E-state index contributed by atoms with van der Waals surface area (Å²) in [5.41, 5.74) is 0. The normalized spacial score (nSPS) is 25.1. The highest BCUT2D eigenvalue weighted by molar-refractivity contribution is 6.56. The van der Waals surface area contributed by atoms with Crippen molar-refractivity contribution in [2.45, 2.75) is 4.52 Å². The summed E-state index contributed by atoms with van der Waals surface area (Å²) in [5.74, 6) is -0.401. The van der Waals surface area contributed by atoms with Crippen LogP contribution in [0.1, 0.15) is 0 Å². The van der Waals surface area contributed by atoms with E-state index in [-0.39, 0.29) is 0 Å². The number of hydrogen-bond acceptors (Lipinski definition) is 2. The Balaban J connectivity index is 2.70. The van der Waals surface area contributed by atoms with E-state index in [1.54, 1.807) is 7.05 Å². The van der Waals surface area contributed by atoms with E-state index in [4.69, 9.17) is 27.9 Å². The number of likely N-dealkylation sites (N-methyl/N-ethyl adjacent to an activating group) is 1. The number of alkyl halides is 2. The number of hydrogen-bond donors (Lipinski definition) is 0. The minimum Gasteiger partial charge on any atom is -0.339 e. The lowest BCUT2D eigenvalue weighted by Crippen LogP contribution is -2.48. The number of carbonyl (C=O) groups excluding carboxylic acids is 1. The lowest BCUT2D eigenvalue weighted by atomic mass is 10.4. The Morgan fingerprint density at radius 3 is 2.70 bits per heavy atom. The molecule has 5 heteroatoms. The van der Waals surface area contributed by atoms with E-state index >= 15 is 0 Å². The highest BCUT2D eigenvalue weighted by atomic mass is 35.5. The van der Waals surface area contributed by atoms with Gasteiger partial charge in [-0.3, -0.25) is 4.79 Å². The molecule has 1 heterocycles. The number of nitrogens with zero attached hydrogens (tertiary/aromatic N) is 1. The Bertz CT molecular complexity index is 160. The van der Waals surface area contributed by atoms with Crippen LogP contribution < -0.4 is 0 Å². The van der Waals surface area contributed by atoms with Gasteiger partial charge in [-0.2, -0.15) is 0 Å². The number of morpholine rings is 1. The van der Waals surface area contributed by atoms with Crippen molar-refractivity contribution in [1.82, 2.24) is 4.90 Å². The monoisotopic (exact) mass is 183 g/mol. The van der Waals surface area contributed by atoms with Gasteiger partial charge in [-0.15, -0.1) is 0 Å². The van der Waals surface area contributed by atoms with E-state index < -0.39 is 10.4 Å². The molecule has 3 nitrogen and oxygen atoms in total. The summed E-state index contributed by atoms with van der Waals surface area (Å²) >= 11 is 10.9. The van der Waals surface area contributed by atoms with Gasteiger partial charge in [0.05, 0.1) is 6.61 Å². The van der Waals surface area contributed by atoms with E-state index in [1.807, 2.05) is 0 Å². The van der Waals surface area contributed by atoms with E-state index in [2.05, 4.69) is 0 Å². The molecule has 1 rings (SSSR count). The molecule has 0 radical (unpaired) electrons. The van der Waals surface area contributed by atoms with Crippen LogP contribution in [0.15, 0.2) is 0 Å². The summed E-state index contributed by atoms with van der Waals surface area (Å²) in [6.45, 7) is 0.926. The second-order valence-corrected chi connectivity index (χ2v) is 3.35. The molecule has 1 saturated heterocycles. The molecule has 0 N–H and O–H groups in total. The molecule has 1 fully saturated rings. The predicted octanol–water partition coefficient (Wildman–Crippen LogP) is 0.606. The molecule has 0 bridgehead atoms. The summed E-state index contributed by atoms with van der Waals surface area (Å²) in [4.78, 5) is 12.4. The van der Waals surface area contributed by atoms with Crippen LogP contribution in [0.5, 0.6) is 0 Å². The van der Waals surface area contributed by atoms with Gasteiger partial charge in [-0.25, -0.2) is 0 Å². The Labute approximate surface area is 68.8 Å². The van der Waals surface area contributed by atoms with Crippen molar-refractivity contribution in [3.8, 4) is 0 Å². The van der Waals surface area contributed by atoms with Gasteiger partial charge in [-0.05, 0) is 0 Å². The average Bonchev–Trinajstić information content (AvgIpc) is 1.83. The number of rotatable bonds is 0. The summed E-state index contributed by atoms with van der Waals surface area (Å²) < 4.78 is 3.13. The molecule has 0 unspecified atom stereocenters. The summed E-state index contributed by atoms with van der Waals surface area (Å²) in [6, 6.07) is 0. The zero-order valence-electron chi connectivity index (χ0n) is 5.43. The maximum atomic E-state index is 11.0. The van der Waals surface area contributed by atoms with Crippen LogP contribution >= 0.6 is 23.2 Å². The molecule has 58 valence electrons. The SMILES string of the molecule is CN1CCOC(Cl)(Cl)C1=O. The van der Waals surface area contributed by atoms with E-state index in [0.29, 0.717) is 13.2 Å². The van der Waals surface area contributed by atoms with Crippen molar-refractivity contribution in [3.63, 3.8) is 0 Å².